The second-order valence-corrected chi connectivity index (χ2v) is 12.2. The summed E-state index contributed by atoms with van der Waals surface area (Å²) in [5.41, 5.74) is 3.23. The molecule has 0 saturated carbocycles. The Morgan fingerprint density at radius 3 is 2.08 bits per heavy atom. The van der Waals surface area contributed by atoms with Crippen LogP contribution in [0.25, 0.3) is 10.8 Å². The highest BCUT2D eigenvalue weighted by atomic mass is 79.9. The van der Waals surface area contributed by atoms with Crippen molar-refractivity contribution in [2.45, 2.75) is 57.0 Å². The number of carboxylic acids is 2. The number of rotatable bonds is 8. The van der Waals surface area contributed by atoms with Crippen molar-refractivity contribution in [3.8, 4) is 0 Å². The summed E-state index contributed by atoms with van der Waals surface area (Å²) in [5, 5.41) is 16.4. The van der Waals surface area contributed by atoms with Crippen LogP contribution in [-0.2, 0) is 16.0 Å². The third-order valence-corrected chi connectivity index (χ3v) is 8.36. The molecule has 50 heavy (non-hydrogen) atoms. The van der Waals surface area contributed by atoms with E-state index in [9.17, 15) is 31.1 Å². The molecule has 16 heteroatoms. The fourth-order valence-corrected chi connectivity index (χ4v) is 5.71. The van der Waals surface area contributed by atoms with Gasteiger partial charge < -0.3 is 20.1 Å². The third kappa shape index (κ3) is 11.6. The minimum Gasteiger partial charge on any atom is -0.475 e. The van der Waals surface area contributed by atoms with Crippen LogP contribution in [0.1, 0.15) is 53.8 Å². The van der Waals surface area contributed by atoms with Gasteiger partial charge in [0.05, 0.1) is 18.1 Å². The highest BCUT2D eigenvalue weighted by Gasteiger charge is 2.39. The van der Waals surface area contributed by atoms with Gasteiger partial charge in [-0.15, -0.1) is 0 Å². The van der Waals surface area contributed by atoms with Crippen LogP contribution in [0.5, 0.6) is 0 Å². The molecule has 1 saturated heterocycles. The van der Waals surface area contributed by atoms with Gasteiger partial charge in [0.2, 0.25) is 0 Å². The second-order valence-electron chi connectivity index (χ2n) is 11.3. The topological polar surface area (TPSA) is 127 Å². The number of nitrogens with zero attached hydrogens (tertiary/aromatic N) is 3. The number of aromatic nitrogens is 2. The molecule has 270 valence electrons. The van der Waals surface area contributed by atoms with E-state index in [1.54, 1.807) is 6.33 Å². The average molecular weight is 774 g/mol. The molecule has 5 rings (SSSR count). The number of amides is 1. The third-order valence-electron chi connectivity index (χ3n) is 7.83. The number of H-pyrrole nitrogens is 1. The molecule has 1 aliphatic heterocycles. The number of alkyl halides is 6. The summed E-state index contributed by atoms with van der Waals surface area (Å²) in [5.74, 6) is -5.38. The fourth-order valence-electron chi connectivity index (χ4n) is 5.44. The van der Waals surface area contributed by atoms with Crippen molar-refractivity contribution < 1.29 is 50.9 Å². The molecule has 3 N–H and O–H groups in total. The molecular formula is C34H35BrF6N4O5. The number of aliphatic carboxylic acids is 2. The molecule has 1 unspecified atom stereocenters. The van der Waals surface area contributed by atoms with Gasteiger partial charge in [-0.2, -0.15) is 26.3 Å². The Balaban J connectivity index is 0.000000408. The standard InChI is InChI=1S/C30H33BrN4O.2C2HF3O2/c1-2-3-9-25-20-34(30(36)27-11-6-8-23-7-4-5-10-26(23)27)16-17-35(25)29(28-19-32-21-33-28)18-22-12-14-24(31)15-13-22;2*3-2(4,5)1(6)7/h4-8,10-15,19,21,25,29H,2-3,9,16-18,20H2,1H3,(H,32,33);2*(H,6,7)/t25-,29?;;/m0../s1. The quantitative estimate of drug-likeness (QED) is 0.156. The zero-order valence-electron chi connectivity index (χ0n) is 26.7. The first-order chi connectivity index (χ1) is 23.5. The molecule has 1 amide bonds. The van der Waals surface area contributed by atoms with Crippen LogP contribution in [0, 0.1) is 0 Å². The molecule has 1 fully saturated rings. The SMILES string of the molecule is CCCC[C@H]1CN(C(=O)c2cccc3ccccc23)CCN1C(Cc1ccc(Br)cc1)c1cnc[nH]1.O=C(O)C(F)(F)F.O=C(O)C(F)(F)F. The Morgan fingerprint density at radius 1 is 0.920 bits per heavy atom. The summed E-state index contributed by atoms with van der Waals surface area (Å²) < 4.78 is 64.6. The van der Waals surface area contributed by atoms with Gasteiger partial charge in [0, 0.05) is 41.9 Å². The van der Waals surface area contributed by atoms with Crippen molar-refractivity contribution in [1.29, 1.82) is 0 Å². The van der Waals surface area contributed by atoms with Crippen LogP contribution >= 0.6 is 15.9 Å². The maximum absolute atomic E-state index is 13.7. The average Bonchev–Trinajstić information content (AvgIpc) is 3.61. The Labute approximate surface area is 292 Å². The molecule has 2 heterocycles. The van der Waals surface area contributed by atoms with E-state index in [1.165, 1.54) is 5.56 Å². The zero-order valence-corrected chi connectivity index (χ0v) is 28.3. The fraction of sp³-hybridized carbons (Fsp3) is 0.353. The summed E-state index contributed by atoms with van der Waals surface area (Å²) in [6.07, 6.45) is -2.19. The lowest BCUT2D eigenvalue weighted by Gasteiger charge is -2.45. The maximum Gasteiger partial charge on any atom is 0.490 e. The van der Waals surface area contributed by atoms with Crippen molar-refractivity contribution in [3.05, 3.63) is 101 Å². The van der Waals surface area contributed by atoms with E-state index in [0.29, 0.717) is 6.04 Å². The van der Waals surface area contributed by atoms with Crippen LogP contribution in [0.15, 0.2) is 83.7 Å². The second kappa shape index (κ2) is 18.0. The number of carbonyl (C=O) groups is 3. The zero-order chi connectivity index (χ0) is 37.1. The molecule has 4 aromatic rings. The van der Waals surface area contributed by atoms with Gasteiger partial charge in [-0.3, -0.25) is 9.69 Å². The van der Waals surface area contributed by atoms with Crippen LogP contribution in [0.2, 0.25) is 0 Å². The van der Waals surface area contributed by atoms with Crippen molar-refractivity contribution in [1.82, 2.24) is 19.8 Å². The van der Waals surface area contributed by atoms with E-state index in [0.717, 1.165) is 71.8 Å². The number of fused-ring (bicyclic) bond motifs is 1. The lowest BCUT2D eigenvalue weighted by molar-refractivity contribution is -0.193. The number of nitrogens with one attached hydrogen (secondary N) is 1. The number of hydrogen-bond acceptors (Lipinski definition) is 5. The summed E-state index contributed by atoms with van der Waals surface area (Å²) in [4.78, 5) is 43.9. The van der Waals surface area contributed by atoms with E-state index < -0.39 is 24.3 Å². The van der Waals surface area contributed by atoms with Crippen LogP contribution in [-0.4, -0.2) is 85.9 Å². The first kappa shape index (κ1) is 40.0. The van der Waals surface area contributed by atoms with Crippen molar-refractivity contribution in [3.63, 3.8) is 0 Å². The molecule has 2 atom stereocenters. The van der Waals surface area contributed by atoms with E-state index in [1.807, 2.05) is 30.5 Å². The number of piperazine rings is 1. The highest BCUT2D eigenvalue weighted by molar-refractivity contribution is 9.10. The van der Waals surface area contributed by atoms with Gasteiger partial charge in [-0.05, 0) is 47.4 Å². The minimum atomic E-state index is -5.08. The molecular weight excluding hydrogens is 738 g/mol. The van der Waals surface area contributed by atoms with Crippen molar-refractivity contribution in [2.75, 3.05) is 19.6 Å². The Morgan fingerprint density at radius 2 is 1.52 bits per heavy atom. The van der Waals surface area contributed by atoms with Gasteiger partial charge in [-0.25, -0.2) is 14.6 Å². The molecule has 0 aliphatic carbocycles. The molecule has 0 spiro atoms. The lowest BCUT2D eigenvalue weighted by atomic mass is 9.96. The smallest absolute Gasteiger partial charge is 0.475 e. The van der Waals surface area contributed by atoms with E-state index in [2.05, 4.69) is 85.1 Å². The number of hydrogen-bond donors (Lipinski definition) is 3. The van der Waals surface area contributed by atoms with Crippen LogP contribution < -0.4 is 0 Å². The number of carbonyl (C=O) groups excluding carboxylic acids is 1. The number of aromatic amines is 1. The minimum absolute atomic E-state index is 0.138. The summed E-state index contributed by atoms with van der Waals surface area (Å²) in [7, 11) is 0. The van der Waals surface area contributed by atoms with Crippen molar-refractivity contribution >= 4 is 44.5 Å². The number of unbranched alkanes of at least 4 members (excludes halogenated alkanes) is 1. The summed E-state index contributed by atoms with van der Waals surface area (Å²) in [6, 6.07) is 23.3. The normalized spacial score (nSPS) is 15.7. The Kier molecular flexibility index (Phi) is 14.4. The lowest BCUT2D eigenvalue weighted by Crippen LogP contribution is -2.56. The summed E-state index contributed by atoms with van der Waals surface area (Å²) in [6.45, 7) is 4.54. The van der Waals surface area contributed by atoms with E-state index >= 15 is 0 Å². The highest BCUT2D eigenvalue weighted by Crippen LogP contribution is 2.31. The van der Waals surface area contributed by atoms with Gasteiger partial charge in [0.1, 0.15) is 0 Å². The molecule has 0 radical (unpaired) electrons. The van der Waals surface area contributed by atoms with Crippen molar-refractivity contribution in [2.24, 2.45) is 0 Å². The Hall–Kier alpha value is -4.44. The summed E-state index contributed by atoms with van der Waals surface area (Å²) >= 11 is 3.56. The molecule has 1 aromatic heterocycles. The predicted molar refractivity (Wildman–Crippen MR) is 176 cm³/mol. The first-order valence-corrected chi connectivity index (χ1v) is 16.2. The number of halogens is 7. The van der Waals surface area contributed by atoms with Gasteiger partial charge in [0.25, 0.3) is 5.91 Å². The van der Waals surface area contributed by atoms with E-state index in [4.69, 9.17) is 19.8 Å². The number of imidazole rings is 1. The van der Waals surface area contributed by atoms with Crippen LogP contribution in [0.4, 0.5) is 26.3 Å². The maximum atomic E-state index is 13.7. The first-order valence-electron chi connectivity index (χ1n) is 15.4. The number of benzene rings is 3. The predicted octanol–water partition coefficient (Wildman–Crippen LogP) is 7.89. The largest absolute Gasteiger partial charge is 0.490 e. The molecule has 0 bridgehead atoms. The Bertz CT molecular complexity index is 1670. The molecule has 1 aliphatic rings. The van der Waals surface area contributed by atoms with E-state index in [-0.39, 0.29) is 11.9 Å². The molecule has 3 aromatic carbocycles. The monoisotopic (exact) mass is 772 g/mol. The van der Waals surface area contributed by atoms with Gasteiger partial charge in [-0.1, -0.05) is 84.2 Å². The van der Waals surface area contributed by atoms with Gasteiger partial charge in [0.15, 0.2) is 0 Å². The molecule has 9 nitrogen and oxygen atoms in total. The van der Waals surface area contributed by atoms with Gasteiger partial charge >= 0.3 is 24.3 Å². The number of carboxylic acid groups (broad SMARTS) is 2. The van der Waals surface area contributed by atoms with Crippen LogP contribution in [0.3, 0.4) is 0 Å².